The Labute approximate surface area is 125 Å². The van der Waals surface area contributed by atoms with E-state index in [0.29, 0.717) is 23.7 Å². The predicted molar refractivity (Wildman–Crippen MR) is 82.3 cm³/mol. The van der Waals surface area contributed by atoms with E-state index in [0.717, 1.165) is 17.7 Å². The number of anilines is 1. The summed E-state index contributed by atoms with van der Waals surface area (Å²) in [4.78, 5) is 0.317. The van der Waals surface area contributed by atoms with Gasteiger partial charge in [-0.3, -0.25) is 4.31 Å². The Bertz CT molecular complexity index is 741. The van der Waals surface area contributed by atoms with Gasteiger partial charge in [0.2, 0.25) is 0 Å². The van der Waals surface area contributed by atoms with E-state index in [1.807, 2.05) is 25.1 Å². The molecule has 0 amide bonds. The van der Waals surface area contributed by atoms with Gasteiger partial charge in [-0.25, -0.2) is 8.42 Å². The monoisotopic (exact) mass is 303 g/mol. The van der Waals surface area contributed by atoms with Gasteiger partial charge >= 0.3 is 0 Å². The number of para-hydroxylation sites is 1. The van der Waals surface area contributed by atoms with Crippen LogP contribution in [0.15, 0.2) is 53.4 Å². The minimum absolute atomic E-state index is 0.317. The summed E-state index contributed by atoms with van der Waals surface area (Å²) in [5.74, 6) is 0.789. The van der Waals surface area contributed by atoms with E-state index in [4.69, 9.17) is 4.74 Å². The molecular formula is C16H17NO3S. The van der Waals surface area contributed by atoms with Gasteiger partial charge in [-0.1, -0.05) is 18.2 Å². The standard InChI is InChI=1S/C16H17NO3S/c1-2-17(14-6-4-3-5-7-14)21(18,19)15-8-9-16-13(12-15)10-11-20-16/h3-9,12H,2,10-11H2,1H3. The average molecular weight is 303 g/mol. The molecule has 0 N–H and O–H groups in total. The molecule has 110 valence electrons. The van der Waals surface area contributed by atoms with Crippen molar-refractivity contribution in [1.29, 1.82) is 0 Å². The highest BCUT2D eigenvalue weighted by Crippen LogP contribution is 2.30. The van der Waals surface area contributed by atoms with Crippen LogP contribution in [-0.2, 0) is 16.4 Å². The Hall–Kier alpha value is -2.01. The van der Waals surface area contributed by atoms with Gasteiger partial charge in [0.25, 0.3) is 10.0 Å². The molecule has 2 aromatic rings. The Balaban J connectivity index is 2.03. The second kappa shape index (κ2) is 5.41. The molecule has 0 atom stereocenters. The van der Waals surface area contributed by atoms with Crippen LogP contribution in [0.3, 0.4) is 0 Å². The first-order chi connectivity index (χ1) is 10.1. The lowest BCUT2D eigenvalue weighted by Gasteiger charge is -2.23. The number of nitrogens with zero attached hydrogens (tertiary/aromatic N) is 1. The first kappa shape index (κ1) is 13.9. The van der Waals surface area contributed by atoms with Crippen molar-refractivity contribution in [2.24, 2.45) is 0 Å². The molecule has 0 fully saturated rings. The van der Waals surface area contributed by atoms with Crippen molar-refractivity contribution in [2.45, 2.75) is 18.2 Å². The van der Waals surface area contributed by atoms with E-state index in [9.17, 15) is 8.42 Å². The second-order valence-electron chi connectivity index (χ2n) is 4.87. The van der Waals surface area contributed by atoms with Crippen LogP contribution in [0.2, 0.25) is 0 Å². The number of hydrogen-bond acceptors (Lipinski definition) is 3. The summed E-state index contributed by atoms with van der Waals surface area (Å²) in [6.07, 6.45) is 0.760. The molecule has 0 saturated carbocycles. The fourth-order valence-corrected chi connectivity index (χ4v) is 4.06. The Morgan fingerprint density at radius 3 is 2.62 bits per heavy atom. The van der Waals surface area contributed by atoms with Crippen LogP contribution in [-0.4, -0.2) is 21.6 Å². The van der Waals surface area contributed by atoms with Gasteiger partial charge in [0.1, 0.15) is 5.75 Å². The molecule has 0 saturated heterocycles. The normalized spacial score (nSPS) is 13.6. The van der Waals surface area contributed by atoms with E-state index in [1.54, 1.807) is 30.3 Å². The molecule has 1 aliphatic heterocycles. The average Bonchev–Trinajstić information content (AvgIpc) is 2.96. The van der Waals surface area contributed by atoms with Gasteiger partial charge in [0.05, 0.1) is 17.2 Å². The quantitative estimate of drug-likeness (QED) is 0.872. The number of sulfonamides is 1. The van der Waals surface area contributed by atoms with Crippen molar-refractivity contribution in [3.05, 3.63) is 54.1 Å². The second-order valence-corrected chi connectivity index (χ2v) is 6.74. The molecule has 0 bridgehead atoms. The fraction of sp³-hybridized carbons (Fsp3) is 0.250. The molecule has 0 spiro atoms. The highest BCUT2D eigenvalue weighted by Gasteiger charge is 2.25. The Morgan fingerprint density at radius 1 is 1.14 bits per heavy atom. The van der Waals surface area contributed by atoms with Gasteiger partial charge < -0.3 is 4.74 Å². The van der Waals surface area contributed by atoms with Gasteiger partial charge in [-0.2, -0.15) is 0 Å². The van der Waals surface area contributed by atoms with Gasteiger partial charge in [0, 0.05) is 13.0 Å². The molecule has 4 nitrogen and oxygen atoms in total. The van der Waals surface area contributed by atoms with E-state index in [-0.39, 0.29) is 0 Å². The molecule has 0 radical (unpaired) electrons. The summed E-state index contributed by atoms with van der Waals surface area (Å²) < 4.78 is 32.5. The molecule has 1 heterocycles. The maximum absolute atomic E-state index is 12.8. The lowest BCUT2D eigenvalue weighted by molar-refractivity contribution is 0.356. The van der Waals surface area contributed by atoms with Crippen molar-refractivity contribution < 1.29 is 13.2 Å². The third kappa shape index (κ3) is 2.49. The van der Waals surface area contributed by atoms with Crippen molar-refractivity contribution in [3.63, 3.8) is 0 Å². The summed E-state index contributed by atoms with van der Waals surface area (Å²) in [5.41, 5.74) is 1.64. The number of fused-ring (bicyclic) bond motifs is 1. The maximum atomic E-state index is 12.8. The molecule has 0 aliphatic carbocycles. The summed E-state index contributed by atoms with van der Waals surface area (Å²) >= 11 is 0. The Kier molecular flexibility index (Phi) is 3.59. The van der Waals surface area contributed by atoms with Crippen molar-refractivity contribution in [2.75, 3.05) is 17.5 Å². The first-order valence-corrected chi connectivity index (χ1v) is 8.40. The van der Waals surface area contributed by atoms with Crippen LogP contribution in [0, 0.1) is 0 Å². The van der Waals surface area contributed by atoms with Crippen molar-refractivity contribution >= 4 is 15.7 Å². The van der Waals surface area contributed by atoms with Crippen molar-refractivity contribution in [3.8, 4) is 5.75 Å². The lowest BCUT2D eigenvalue weighted by atomic mass is 10.2. The number of benzene rings is 2. The highest BCUT2D eigenvalue weighted by molar-refractivity contribution is 7.92. The number of hydrogen-bond donors (Lipinski definition) is 0. The zero-order chi connectivity index (χ0) is 14.9. The summed E-state index contributed by atoms with van der Waals surface area (Å²) in [6.45, 7) is 2.84. The summed E-state index contributed by atoms with van der Waals surface area (Å²) in [6, 6.07) is 14.2. The predicted octanol–water partition coefficient (Wildman–Crippen LogP) is 2.84. The summed E-state index contributed by atoms with van der Waals surface area (Å²) in [7, 11) is -3.55. The number of rotatable bonds is 4. The maximum Gasteiger partial charge on any atom is 0.264 e. The van der Waals surface area contributed by atoms with Crippen LogP contribution >= 0.6 is 0 Å². The zero-order valence-corrected chi connectivity index (χ0v) is 12.6. The minimum atomic E-state index is -3.55. The van der Waals surface area contributed by atoms with Gasteiger partial charge in [-0.15, -0.1) is 0 Å². The third-order valence-electron chi connectivity index (χ3n) is 3.58. The largest absolute Gasteiger partial charge is 0.493 e. The van der Waals surface area contributed by atoms with Crippen molar-refractivity contribution in [1.82, 2.24) is 0 Å². The first-order valence-electron chi connectivity index (χ1n) is 6.96. The van der Waals surface area contributed by atoms with Crippen LogP contribution in [0.1, 0.15) is 12.5 Å². The Morgan fingerprint density at radius 2 is 1.90 bits per heavy atom. The summed E-state index contributed by atoms with van der Waals surface area (Å²) in [5, 5.41) is 0. The van der Waals surface area contributed by atoms with Crippen LogP contribution < -0.4 is 9.04 Å². The van der Waals surface area contributed by atoms with E-state index in [1.165, 1.54) is 4.31 Å². The third-order valence-corrected chi connectivity index (χ3v) is 5.48. The molecular weight excluding hydrogens is 286 g/mol. The molecule has 1 aliphatic rings. The minimum Gasteiger partial charge on any atom is -0.493 e. The molecule has 21 heavy (non-hydrogen) atoms. The molecule has 2 aromatic carbocycles. The van der Waals surface area contributed by atoms with E-state index >= 15 is 0 Å². The molecule has 5 heteroatoms. The smallest absolute Gasteiger partial charge is 0.264 e. The van der Waals surface area contributed by atoms with Crippen LogP contribution in [0.25, 0.3) is 0 Å². The molecule has 0 aromatic heterocycles. The fourth-order valence-electron chi connectivity index (χ4n) is 2.54. The lowest BCUT2D eigenvalue weighted by Crippen LogP contribution is -2.30. The highest BCUT2D eigenvalue weighted by atomic mass is 32.2. The number of ether oxygens (including phenoxy) is 1. The van der Waals surface area contributed by atoms with Crippen LogP contribution in [0.4, 0.5) is 5.69 Å². The molecule has 3 rings (SSSR count). The van der Waals surface area contributed by atoms with Gasteiger partial charge in [-0.05, 0) is 42.8 Å². The topological polar surface area (TPSA) is 46.6 Å². The van der Waals surface area contributed by atoms with Gasteiger partial charge in [0.15, 0.2) is 0 Å². The molecule has 0 unspecified atom stereocenters. The van der Waals surface area contributed by atoms with E-state index < -0.39 is 10.0 Å². The van der Waals surface area contributed by atoms with E-state index in [2.05, 4.69) is 0 Å². The SMILES string of the molecule is CCN(c1ccccc1)S(=O)(=O)c1ccc2c(c1)CCO2. The zero-order valence-electron chi connectivity index (χ0n) is 11.8. The van der Waals surface area contributed by atoms with Crippen LogP contribution in [0.5, 0.6) is 5.75 Å².